The fraction of sp³-hybridized carbons (Fsp3) is 0.500. The summed E-state index contributed by atoms with van der Waals surface area (Å²) in [6, 6.07) is 0. The summed E-state index contributed by atoms with van der Waals surface area (Å²) in [5.41, 5.74) is 5.29. The largest absolute Gasteiger partial charge is 0.481 e. The smallest absolute Gasteiger partial charge is 0.439 e. The zero-order valence-corrected chi connectivity index (χ0v) is 17.8. The zero-order valence-electron chi connectivity index (χ0n) is 9.30. The van der Waals surface area contributed by atoms with Crippen molar-refractivity contribution in [3.63, 3.8) is 0 Å². The molecular formula is C8H13N3O2UVW-2. The third-order valence-corrected chi connectivity index (χ3v) is 1.50. The van der Waals surface area contributed by atoms with Gasteiger partial charge in [0.05, 0.1) is 0 Å². The molecule has 0 saturated carbocycles. The molecule has 0 aliphatic heterocycles. The maximum atomic E-state index is 10.8. The van der Waals surface area contributed by atoms with E-state index in [-0.39, 0.29) is 70.7 Å². The van der Waals surface area contributed by atoms with E-state index in [2.05, 4.69) is 9.68 Å². The van der Waals surface area contributed by atoms with Gasteiger partial charge in [-0.15, -0.1) is 5.54 Å². The average molecular weight is 656 g/mol. The van der Waals surface area contributed by atoms with Crippen LogP contribution in [0.15, 0.2) is 9.32 Å². The van der Waals surface area contributed by atoms with Gasteiger partial charge < -0.3 is 18.6 Å². The molecule has 1 rings (SSSR count). The van der Waals surface area contributed by atoms with Crippen molar-refractivity contribution in [2.75, 3.05) is 0 Å². The van der Waals surface area contributed by atoms with Gasteiger partial charge in [-0.05, 0) is 5.82 Å². The second kappa shape index (κ2) is 9.08. The van der Waals surface area contributed by atoms with Crippen LogP contribution in [0.5, 0.6) is 0 Å². The molecule has 5 nitrogen and oxygen atoms in total. The van der Waals surface area contributed by atoms with Crippen molar-refractivity contribution in [1.82, 2.24) is 9.72 Å². The molecule has 0 saturated heterocycles. The first-order chi connectivity index (χ1) is 5.90. The van der Waals surface area contributed by atoms with Crippen molar-refractivity contribution in [2.24, 2.45) is 12.8 Å². The molecule has 1 aromatic heterocycles. The Kier molecular flexibility index (Phi) is 12.7. The van der Waals surface area contributed by atoms with Crippen LogP contribution in [0, 0.1) is 44.0 Å². The molecule has 16 heavy (non-hydrogen) atoms. The van der Waals surface area contributed by atoms with Gasteiger partial charge in [-0.3, -0.25) is 9.09 Å². The van der Waals surface area contributed by atoms with E-state index in [0.717, 1.165) is 0 Å². The Bertz CT molecular complexity index is 348. The van der Waals surface area contributed by atoms with Crippen LogP contribution in [0.4, 0.5) is 0 Å². The molecule has 8 heteroatoms. The zero-order chi connectivity index (χ0) is 10.1. The molecule has 89 valence electrons. The molecule has 1 radical (unpaired) electrons. The summed E-state index contributed by atoms with van der Waals surface area (Å²) in [5, 5.41) is 3.55. The molecule has 1 heterocycles. The molecular weight excluding hydrogens is 643 g/mol. The van der Waals surface area contributed by atoms with E-state index in [9.17, 15) is 4.79 Å². The Morgan fingerprint density at radius 3 is 2.31 bits per heavy atom. The van der Waals surface area contributed by atoms with E-state index < -0.39 is 11.3 Å². The Balaban J connectivity index is -0.000000563. The fourth-order valence-electron chi connectivity index (χ4n) is 0.733. The minimum atomic E-state index is -0.477. The molecule has 0 fully saturated rings. The SMILES string of the molecule is Cn1c([CH-][CH-]C(C)(C)N)noc1=O.[U].[V].[W]. The van der Waals surface area contributed by atoms with Gasteiger partial charge in [-0.25, -0.2) is 4.79 Å². The topological polar surface area (TPSA) is 74.1 Å². The number of rotatable bonds is 3. The Morgan fingerprint density at radius 1 is 1.50 bits per heavy atom. The molecule has 0 aliphatic rings. The summed E-state index contributed by atoms with van der Waals surface area (Å²) in [7, 11) is 1.59. The minimum Gasteiger partial charge on any atom is -0.481 e. The summed E-state index contributed by atoms with van der Waals surface area (Å²) in [6.07, 6.45) is 3.41. The summed E-state index contributed by atoms with van der Waals surface area (Å²) in [5.74, 6) is -0.0157. The van der Waals surface area contributed by atoms with Gasteiger partial charge in [-0.2, -0.15) is 0 Å². The maximum absolute atomic E-state index is 10.8. The van der Waals surface area contributed by atoms with Crippen LogP contribution in [0.1, 0.15) is 19.7 Å². The Labute approximate surface area is 145 Å². The van der Waals surface area contributed by atoms with E-state index in [0.29, 0.717) is 5.82 Å². The van der Waals surface area contributed by atoms with Crippen molar-refractivity contribution < 1.29 is 75.3 Å². The predicted octanol–water partition coefficient (Wildman–Crippen LogP) is -0.138. The van der Waals surface area contributed by atoms with Crippen molar-refractivity contribution in [2.45, 2.75) is 19.4 Å². The fourth-order valence-corrected chi connectivity index (χ4v) is 0.733. The van der Waals surface area contributed by atoms with Gasteiger partial charge in [0.2, 0.25) is 0 Å². The first-order valence-corrected chi connectivity index (χ1v) is 3.91. The number of nitrogens with zero attached hydrogens (tertiary/aromatic N) is 2. The first-order valence-electron chi connectivity index (χ1n) is 3.91. The van der Waals surface area contributed by atoms with Gasteiger partial charge in [0.25, 0.3) is 0 Å². The quantitative estimate of drug-likeness (QED) is 0.461. The summed E-state index contributed by atoms with van der Waals surface area (Å²) in [4.78, 5) is 10.8. The molecule has 0 aliphatic carbocycles. The third kappa shape index (κ3) is 7.43. The van der Waals surface area contributed by atoms with E-state index in [1.165, 1.54) is 4.57 Å². The predicted molar refractivity (Wildman–Crippen MR) is 47.7 cm³/mol. The second-order valence-electron chi connectivity index (χ2n) is 3.52. The van der Waals surface area contributed by atoms with Crippen LogP contribution in [0.2, 0.25) is 0 Å². The maximum Gasteiger partial charge on any atom is 0.439 e. The van der Waals surface area contributed by atoms with Gasteiger partial charge in [0.15, 0.2) is 0 Å². The summed E-state index contributed by atoms with van der Waals surface area (Å²) in [6.45, 7) is 3.70. The van der Waals surface area contributed by atoms with Gasteiger partial charge in [-0.1, -0.05) is 19.0 Å². The standard InChI is InChI=1S/C8H13N3O2.U.V.W/c1-8(2,9)5-4-6-10-13-7(12)11(6)3;;;/h4-5H,9H2,1-3H3;;;/q-2;;;. The van der Waals surface area contributed by atoms with E-state index >= 15 is 0 Å². The molecule has 0 bridgehead atoms. The monoisotopic (exact) mass is 656 g/mol. The molecule has 0 amide bonds. The van der Waals surface area contributed by atoms with Gasteiger partial charge in [0, 0.05) is 77.8 Å². The van der Waals surface area contributed by atoms with Gasteiger partial charge >= 0.3 is 5.76 Å². The van der Waals surface area contributed by atoms with Crippen molar-refractivity contribution in [3.8, 4) is 0 Å². The Hall–Kier alpha value is 1.09. The average Bonchev–Trinajstić information content (AvgIpc) is 2.29. The number of aromatic nitrogens is 2. The molecule has 0 unspecified atom stereocenters. The van der Waals surface area contributed by atoms with Crippen LogP contribution in [-0.4, -0.2) is 15.3 Å². The van der Waals surface area contributed by atoms with Crippen LogP contribution in [0.25, 0.3) is 0 Å². The van der Waals surface area contributed by atoms with E-state index in [1.54, 1.807) is 19.9 Å². The third-order valence-electron chi connectivity index (χ3n) is 1.50. The van der Waals surface area contributed by atoms with E-state index in [4.69, 9.17) is 5.73 Å². The number of nitrogens with two attached hydrogens (primary N) is 1. The molecule has 0 spiro atoms. The normalized spacial score (nSPS) is 9.50. The van der Waals surface area contributed by atoms with Crippen molar-refractivity contribution in [3.05, 3.63) is 29.2 Å². The molecule has 0 atom stereocenters. The van der Waals surface area contributed by atoms with Crippen LogP contribution < -0.4 is 11.5 Å². The summed E-state index contributed by atoms with van der Waals surface area (Å²) >= 11 is 0. The van der Waals surface area contributed by atoms with E-state index in [1.807, 2.05) is 13.8 Å². The molecule has 0 aromatic carbocycles. The van der Waals surface area contributed by atoms with Crippen molar-refractivity contribution >= 4 is 0 Å². The van der Waals surface area contributed by atoms with Crippen LogP contribution >= 0.6 is 0 Å². The first kappa shape index (κ1) is 22.3. The van der Waals surface area contributed by atoms with Gasteiger partial charge in [0.1, 0.15) is 0 Å². The second-order valence-corrected chi connectivity index (χ2v) is 3.52. The summed E-state index contributed by atoms with van der Waals surface area (Å²) < 4.78 is 5.73. The minimum absolute atomic E-state index is 0. The van der Waals surface area contributed by atoms with Crippen molar-refractivity contribution in [1.29, 1.82) is 0 Å². The van der Waals surface area contributed by atoms with Crippen LogP contribution in [-0.2, 0) is 46.7 Å². The van der Waals surface area contributed by atoms with Crippen LogP contribution in [0.3, 0.4) is 0 Å². The number of hydrogen-bond acceptors (Lipinski definition) is 4. The molecule has 1 aromatic rings. The Morgan fingerprint density at radius 2 is 2.00 bits per heavy atom. The molecule has 2 N–H and O–H groups in total. The number of hydrogen-bond donors (Lipinski definition) is 1.